The van der Waals surface area contributed by atoms with Crippen molar-refractivity contribution in [2.75, 3.05) is 12.2 Å². The number of halogens is 4. The largest absolute Gasteiger partial charge is 0.452 e. The summed E-state index contributed by atoms with van der Waals surface area (Å²) in [6.45, 7) is 3.13. The van der Waals surface area contributed by atoms with E-state index in [0.29, 0.717) is 0 Å². The summed E-state index contributed by atoms with van der Waals surface area (Å²) in [5, 5.41) is 11.4. The molecule has 0 radical (unpaired) electrons. The van der Waals surface area contributed by atoms with Gasteiger partial charge in [-0.15, -0.1) is 11.8 Å². The van der Waals surface area contributed by atoms with Gasteiger partial charge in [0.25, 0.3) is 0 Å². The molecule has 0 aliphatic heterocycles. The van der Waals surface area contributed by atoms with Crippen molar-refractivity contribution >= 4 is 52.7 Å². The molecule has 3 fully saturated rings. The number of aliphatic hydroxyl groups is 1. The molecular formula is C24H28Cl2F2O6S. The molecule has 35 heavy (non-hydrogen) atoms. The molecule has 0 saturated heterocycles. The molecule has 0 aromatic carbocycles. The normalized spacial score (nSPS) is 44.3. The minimum Gasteiger partial charge on any atom is -0.452 e. The number of carbonyl (C=O) groups excluding carboxylic acids is 3. The Bertz CT molecular complexity index is 1010. The molecule has 11 heteroatoms. The summed E-state index contributed by atoms with van der Waals surface area (Å²) in [6, 6.07) is 0. The first-order valence-corrected chi connectivity index (χ1v) is 13.7. The van der Waals surface area contributed by atoms with E-state index in [1.165, 1.54) is 30.8 Å². The highest BCUT2D eigenvalue weighted by Gasteiger charge is 2.77. The predicted octanol–water partition coefficient (Wildman–Crippen LogP) is 4.25. The number of esters is 2. The summed E-state index contributed by atoms with van der Waals surface area (Å²) in [5.74, 6) is -4.00. The second-order valence-electron chi connectivity index (χ2n) is 10.3. The van der Waals surface area contributed by atoms with Gasteiger partial charge in [0.2, 0.25) is 10.4 Å². The molecule has 0 heterocycles. The fourth-order valence-electron chi connectivity index (χ4n) is 7.18. The Hall–Kier alpha value is -1.16. The Labute approximate surface area is 216 Å². The van der Waals surface area contributed by atoms with E-state index in [1.54, 1.807) is 13.2 Å². The molecule has 8 atom stereocenters. The number of thioether (sulfide) groups is 1. The number of ketones is 1. The lowest BCUT2D eigenvalue weighted by molar-refractivity contribution is -0.235. The van der Waals surface area contributed by atoms with Crippen LogP contribution in [0, 0.1) is 22.7 Å². The lowest BCUT2D eigenvalue weighted by Gasteiger charge is -2.63. The van der Waals surface area contributed by atoms with Crippen LogP contribution in [-0.2, 0) is 23.9 Å². The Kier molecular flexibility index (Phi) is 6.91. The standard InChI is InChI=1S/C24H28Cl2F2O6S/c1-21-6-4-12(29)8-15(21)16(27)9-14-13-5-7-23(20(32)33-11-35-3,34-19(31)18(25)26)22(13,2)10-17(30)24(14,21)28/h4,6,8,13-14,16-18,30H,5,7,9-11H2,1-3H3/t13-,14-,16-,17-,21-,22-,23-,24-/m0/s1. The topological polar surface area (TPSA) is 89.9 Å². The van der Waals surface area contributed by atoms with Crippen LogP contribution < -0.4 is 0 Å². The number of rotatable bonds is 5. The highest BCUT2D eigenvalue weighted by molar-refractivity contribution is 7.98. The fraction of sp³-hybridized carbons (Fsp3) is 0.708. The van der Waals surface area contributed by atoms with Crippen LogP contribution in [0.2, 0.25) is 0 Å². The van der Waals surface area contributed by atoms with Crippen LogP contribution in [0.25, 0.3) is 0 Å². The highest BCUT2D eigenvalue weighted by Crippen LogP contribution is 2.70. The summed E-state index contributed by atoms with van der Waals surface area (Å²) in [6.07, 6.45) is 1.77. The van der Waals surface area contributed by atoms with E-state index in [9.17, 15) is 19.5 Å². The first-order valence-electron chi connectivity index (χ1n) is 11.4. The Morgan fingerprint density at radius 3 is 2.63 bits per heavy atom. The van der Waals surface area contributed by atoms with Gasteiger partial charge in [-0.25, -0.2) is 18.4 Å². The third-order valence-electron chi connectivity index (χ3n) is 8.84. The fourth-order valence-corrected chi connectivity index (χ4v) is 7.50. The lowest BCUT2D eigenvalue weighted by atomic mass is 9.44. The maximum atomic E-state index is 17.2. The Morgan fingerprint density at radius 2 is 2.00 bits per heavy atom. The van der Waals surface area contributed by atoms with Crippen molar-refractivity contribution < 1.29 is 37.7 Å². The van der Waals surface area contributed by atoms with Crippen LogP contribution >= 0.6 is 35.0 Å². The maximum absolute atomic E-state index is 17.2. The van der Waals surface area contributed by atoms with Crippen LogP contribution in [-0.4, -0.2) is 63.4 Å². The first kappa shape index (κ1) is 26.9. The second kappa shape index (κ2) is 8.99. The smallest absolute Gasteiger partial charge is 0.352 e. The van der Waals surface area contributed by atoms with Gasteiger partial charge >= 0.3 is 11.9 Å². The minimum atomic E-state index is -2.31. The molecule has 194 valence electrons. The first-order chi connectivity index (χ1) is 16.3. The van der Waals surface area contributed by atoms with E-state index >= 15 is 8.78 Å². The monoisotopic (exact) mass is 552 g/mol. The van der Waals surface area contributed by atoms with Crippen molar-refractivity contribution in [1.82, 2.24) is 0 Å². The van der Waals surface area contributed by atoms with E-state index in [0.717, 1.165) is 6.08 Å². The quantitative estimate of drug-likeness (QED) is 0.309. The molecule has 0 aromatic heterocycles. The van der Waals surface area contributed by atoms with E-state index in [1.807, 2.05) is 0 Å². The molecular weight excluding hydrogens is 525 g/mol. The number of hydrogen-bond donors (Lipinski definition) is 1. The summed E-state index contributed by atoms with van der Waals surface area (Å²) >= 11 is 12.7. The highest BCUT2D eigenvalue weighted by atomic mass is 35.5. The maximum Gasteiger partial charge on any atom is 0.352 e. The van der Waals surface area contributed by atoms with E-state index < -0.39 is 68.8 Å². The van der Waals surface area contributed by atoms with Gasteiger partial charge in [-0.3, -0.25) is 4.79 Å². The van der Waals surface area contributed by atoms with Crippen LogP contribution in [0.1, 0.15) is 39.5 Å². The Morgan fingerprint density at radius 1 is 1.31 bits per heavy atom. The van der Waals surface area contributed by atoms with Gasteiger partial charge in [0.1, 0.15) is 12.1 Å². The van der Waals surface area contributed by atoms with Gasteiger partial charge in [-0.1, -0.05) is 36.2 Å². The van der Waals surface area contributed by atoms with Crippen molar-refractivity contribution in [3.63, 3.8) is 0 Å². The average molecular weight is 553 g/mol. The zero-order chi connectivity index (χ0) is 26.0. The average Bonchev–Trinajstić information content (AvgIpc) is 3.08. The zero-order valence-electron chi connectivity index (χ0n) is 19.6. The molecule has 4 aliphatic rings. The van der Waals surface area contributed by atoms with E-state index in [2.05, 4.69) is 0 Å². The van der Waals surface area contributed by atoms with Crippen molar-refractivity contribution in [3.8, 4) is 0 Å². The van der Waals surface area contributed by atoms with Gasteiger partial charge in [-0.05, 0) is 62.5 Å². The van der Waals surface area contributed by atoms with Gasteiger partial charge < -0.3 is 14.6 Å². The zero-order valence-corrected chi connectivity index (χ0v) is 21.9. The third-order valence-corrected chi connectivity index (χ3v) is 9.55. The number of allylic oxidation sites excluding steroid dienone is 4. The summed E-state index contributed by atoms with van der Waals surface area (Å²) in [4.78, 5) is 36.3. The predicted molar refractivity (Wildman–Crippen MR) is 127 cm³/mol. The number of fused-ring (bicyclic) bond motifs is 5. The third kappa shape index (κ3) is 3.62. The molecule has 0 amide bonds. The van der Waals surface area contributed by atoms with Crippen molar-refractivity contribution in [3.05, 3.63) is 23.8 Å². The molecule has 4 aliphatic carbocycles. The van der Waals surface area contributed by atoms with E-state index in [4.69, 9.17) is 32.7 Å². The van der Waals surface area contributed by atoms with Crippen molar-refractivity contribution in [2.45, 2.75) is 67.9 Å². The number of hydrogen-bond acceptors (Lipinski definition) is 7. The summed E-state index contributed by atoms with van der Waals surface area (Å²) < 4.78 is 43.7. The van der Waals surface area contributed by atoms with Crippen LogP contribution in [0.15, 0.2) is 23.8 Å². The van der Waals surface area contributed by atoms with E-state index in [-0.39, 0.29) is 37.2 Å². The van der Waals surface area contributed by atoms with Gasteiger partial charge in [0.15, 0.2) is 11.5 Å². The van der Waals surface area contributed by atoms with Gasteiger partial charge in [-0.2, -0.15) is 0 Å². The molecule has 0 bridgehead atoms. The molecule has 4 rings (SSSR count). The molecule has 0 spiro atoms. The van der Waals surface area contributed by atoms with Crippen LogP contribution in [0.4, 0.5) is 8.78 Å². The van der Waals surface area contributed by atoms with Crippen molar-refractivity contribution in [2.24, 2.45) is 22.7 Å². The number of aliphatic hydroxyl groups excluding tert-OH is 1. The number of carbonyl (C=O) groups is 3. The van der Waals surface area contributed by atoms with Crippen LogP contribution in [0.3, 0.4) is 0 Å². The van der Waals surface area contributed by atoms with Gasteiger partial charge in [0, 0.05) is 16.7 Å². The molecule has 0 aromatic rings. The number of alkyl halides is 4. The summed E-state index contributed by atoms with van der Waals surface area (Å²) in [5.41, 5.74) is -7.02. The Balaban J connectivity index is 1.81. The molecule has 3 saturated carbocycles. The van der Waals surface area contributed by atoms with Crippen LogP contribution in [0.5, 0.6) is 0 Å². The lowest BCUT2D eigenvalue weighted by Crippen LogP contribution is -2.70. The minimum absolute atomic E-state index is 0.00796. The molecule has 0 unspecified atom stereocenters. The number of ether oxygens (including phenoxy) is 2. The van der Waals surface area contributed by atoms with Gasteiger partial charge in [0.05, 0.1) is 6.10 Å². The molecule has 6 nitrogen and oxygen atoms in total. The van der Waals surface area contributed by atoms with Crippen molar-refractivity contribution in [1.29, 1.82) is 0 Å². The SMILES string of the molecule is CSCOC(=O)[C@@]1(OC(=O)C(Cl)Cl)CC[C@H]2[C@@H]3C[C@H](F)C4=CC(=O)C=C[C@]4(C)[C@@]3(F)[C@@H](O)C[C@@]21C. The summed E-state index contributed by atoms with van der Waals surface area (Å²) in [7, 11) is 0. The molecule has 1 N–H and O–H groups in total. The second-order valence-corrected chi connectivity index (χ2v) is 12.2.